The molecule has 2 heterocycles. The molecular formula is C19H19N5O3. The third-order valence-corrected chi connectivity index (χ3v) is 4.47. The minimum absolute atomic E-state index is 0.238. The van der Waals surface area contributed by atoms with Crippen LogP contribution in [0.15, 0.2) is 48.5 Å². The second-order valence-electron chi connectivity index (χ2n) is 5.94. The third-order valence-electron chi connectivity index (χ3n) is 4.47. The highest BCUT2D eigenvalue weighted by Gasteiger charge is 2.27. The monoisotopic (exact) mass is 365 g/mol. The van der Waals surface area contributed by atoms with Gasteiger partial charge in [-0.05, 0) is 40.8 Å². The Hall–Kier alpha value is -3.55. The Morgan fingerprint density at radius 1 is 0.963 bits per heavy atom. The van der Waals surface area contributed by atoms with E-state index in [1.165, 1.54) is 0 Å². The molecule has 0 saturated carbocycles. The normalized spacial score (nSPS) is 15.4. The topological polar surface area (TPSA) is 83.3 Å². The number of tetrazole rings is 1. The maximum atomic E-state index is 5.58. The Morgan fingerprint density at radius 2 is 1.78 bits per heavy atom. The van der Waals surface area contributed by atoms with Crippen LogP contribution in [0.4, 0.5) is 5.95 Å². The highest BCUT2D eigenvalue weighted by atomic mass is 16.5. The SMILES string of the molecule is COc1cccc(C2=C[C@H](c3ccc(OC)cc3OC)n3nnnc3N2)c1. The summed E-state index contributed by atoms with van der Waals surface area (Å²) in [5.74, 6) is 2.75. The zero-order valence-electron chi connectivity index (χ0n) is 15.2. The van der Waals surface area contributed by atoms with Gasteiger partial charge in [-0.15, -0.1) is 0 Å². The molecule has 4 rings (SSSR count). The fourth-order valence-electron chi connectivity index (χ4n) is 3.10. The summed E-state index contributed by atoms with van der Waals surface area (Å²) >= 11 is 0. The Balaban J connectivity index is 1.82. The molecule has 1 aliphatic heterocycles. The molecule has 1 aliphatic rings. The molecule has 0 saturated heterocycles. The Kier molecular flexibility index (Phi) is 4.37. The lowest BCUT2D eigenvalue weighted by Gasteiger charge is -2.25. The van der Waals surface area contributed by atoms with E-state index in [0.29, 0.717) is 11.7 Å². The van der Waals surface area contributed by atoms with Gasteiger partial charge in [0, 0.05) is 22.9 Å². The summed E-state index contributed by atoms with van der Waals surface area (Å²) < 4.78 is 17.9. The lowest BCUT2D eigenvalue weighted by Crippen LogP contribution is -2.20. The van der Waals surface area contributed by atoms with Gasteiger partial charge >= 0.3 is 0 Å². The van der Waals surface area contributed by atoms with Gasteiger partial charge < -0.3 is 19.5 Å². The number of hydrogen-bond donors (Lipinski definition) is 1. The van der Waals surface area contributed by atoms with Gasteiger partial charge in [-0.1, -0.05) is 17.2 Å². The number of hydrogen-bond acceptors (Lipinski definition) is 7. The van der Waals surface area contributed by atoms with E-state index in [2.05, 4.69) is 26.9 Å². The van der Waals surface area contributed by atoms with Crippen LogP contribution >= 0.6 is 0 Å². The van der Waals surface area contributed by atoms with Crippen LogP contribution in [0.1, 0.15) is 17.2 Å². The van der Waals surface area contributed by atoms with Crippen LogP contribution in [-0.2, 0) is 0 Å². The molecule has 0 radical (unpaired) electrons. The first-order valence-corrected chi connectivity index (χ1v) is 8.36. The number of nitrogens with one attached hydrogen (secondary N) is 1. The van der Waals surface area contributed by atoms with E-state index < -0.39 is 0 Å². The van der Waals surface area contributed by atoms with Crippen molar-refractivity contribution in [1.29, 1.82) is 0 Å². The Bertz CT molecular complexity index is 999. The van der Waals surface area contributed by atoms with Crippen molar-refractivity contribution < 1.29 is 14.2 Å². The maximum Gasteiger partial charge on any atom is 0.248 e. The van der Waals surface area contributed by atoms with Crippen LogP contribution < -0.4 is 19.5 Å². The van der Waals surface area contributed by atoms with Gasteiger partial charge in [0.05, 0.1) is 21.3 Å². The van der Waals surface area contributed by atoms with E-state index in [4.69, 9.17) is 14.2 Å². The average molecular weight is 365 g/mol. The quantitative estimate of drug-likeness (QED) is 0.744. The molecule has 0 spiro atoms. The summed E-state index contributed by atoms with van der Waals surface area (Å²) in [4.78, 5) is 0. The third kappa shape index (κ3) is 3.05. The van der Waals surface area contributed by atoms with Gasteiger partial charge in [0.15, 0.2) is 0 Å². The van der Waals surface area contributed by atoms with Crippen molar-refractivity contribution in [3.05, 3.63) is 59.7 Å². The number of fused-ring (bicyclic) bond motifs is 1. The lowest BCUT2D eigenvalue weighted by molar-refractivity contribution is 0.387. The summed E-state index contributed by atoms with van der Waals surface area (Å²) in [6.07, 6.45) is 2.06. The van der Waals surface area contributed by atoms with Crippen LogP contribution in [0.5, 0.6) is 17.2 Å². The number of ether oxygens (including phenoxy) is 3. The molecule has 0 bridgehead atoms. The molecule has 0 aliphatic carbocycles. The van der Waals surface area contributed by atoms with Gasteiger partial charge in [-0.2, -0.15) is 4.68 Å². The maximum absolute atomic E-state index is 5.58. The molecule has 1 N–H and O–H groups in total. The summed E-state index contributed by atoms with van der Waals surface area (Å²) in [5, 5.41) is 15.3. The van der Waals surface area contributed by atoms with Crippen molar-refractivity contribution in [1.82, 2.24) is 20.2 Å². The Morgan fingerprint density at radius 3 is 2.56 bits per heavy atom. The average Bonchev–Trinajstić information content (AvgIpc) is 3.21. The zero-order valence-corrected chi connectivity index (χ0v) is 15.2. The van der Waals surface area contributed by atoms with E-state index >= 15 is 0 Å². The molecule has 0 fully saturated rings. The molecule has 27 heavy (non-hydrogen) atoms. The standard InChI is InChI=1S/C19H19N5O3/c1-25-13-6-4-5-12(9-13)16-11-17(24-19(20-16)21-22-23-24)15-8-7-14(26-2)10-18(15)27-3/h4-11,17H,1-3H3,(H,20,21,23)/t17-/m1/s1. The predicted octanol–water partition coefficient (Wildman–Crippen LogP) is 2.75. The number of nitrogens with zero attached hydrogens (tertiary/aromatic N) is 4. The fraction of sp³-hybridized carbons (Fsp3) is 0.211. The van der Waals surface area contributed by atoms with Crippen molar-refractivity contribution >= 4 is 11.6 Å². The smallest absolute Gasteiger partial charge is 0.248 e. The molecule has 1 aromatic heterocycles. The molecular weight excluding hydrogens is 346 g/mol. The summed E-state index contributed by atoms with van der Waals surface area (Å²) in [6, 6.07) is 13.3. The predicted molar refractivity (Wildman–Crippen MR) is 100 cm³/mol. The van der Waals surface area contributed by atoms with Crippen molar-refractivity contribution in [3.8, 4) is 17.2 Å². The number of allylic oxidation sites excluding steroid dienone is 1. The van der Waals surface area contributed by atoms with Crippen LogP contribution in [0.3, 0.4) is 0 Å². The number of benzene rings is 2. The van der Waals surface area contributed by atoms with Crippen molar-refractivity contribution in [3.63, 3.8) is 0 Å². The summed E-state index contributed by atoms with van der Waals surface area (Å²) in [5.41, 5.74) is 2.79. The largest absolute Gasteiger partial charge is 0.497 e. The van der Waals surface area contributed by atoms with Crippen LogP contribution in [0.2, 0.25) is 0 Å². The molecule has 2 aromatic carbocycles. The van der Waals surface area contributed by atoms with E-state index in [-0.39, 0.29) is 6.04 Å². The molecule has 8 nitrogen and oxygen atoms in total. The molecule has 8 heteroatoms. The van der Waals surface area contributed by atoms with E-state index in [1.54, 1.807) is 26.0 Å². The molecule has 138 valence electrons. The van der Waals surface area contributed by atoms with Gasteiger partial charge in [0.1, 0.15) is 23.3 Å². The first-order chi connectivity index (χ1) is 13.2. The van der Waals surface area contributed by atoms with Gasteiger partial charge in [0.25, 0.3) is 0 Å². The van der Waals surface area contributed by atoms with Gasteiger partial charge in [-0.25, -0.2) is 0 Å². The van der Waals surface area contributed by atoms with E-state index in [9.17, 15) is 0 Å². The first kappa shape index (κ1) is 16.9. The highest BCUT2D eigenvalue weighted by Crippen LogP contribution is 2.37. The number of rotatable bonds is 5. The van der Waals surface area contributed by atoms with Crippen molar-refractivity contribution in [2.75, 3.05) is 26.6 Å². The van der Waals surface area contributed by atoms with Gasteiger partial charge in [-0.3, -0.25) is 0 Å². The number of aromatic nitrogens is 4. The zero-order chi connectivity index (χ0) is 18.8. The number of methoxy groups -OCH3 is 3. The lowest BCUT2D eigenvalue weighted by atomic mass is 10.0. The summed E-state index contributed by atoms with van der Waals surface area (Å²) in [7, 11) is 4.90. The van der Waals surface area contributed by atoms with Crippen molar-refractivity contribution in [2.45, 2.75) is 6.04 Å². The van der Waals surface area contributed by atoms with Gasteiger partial charge in [0.2, 0.25) is 5.95 Å². The molecule has 3 aromatic rings. The fourth-order valence-corrected chi connectivity index (χ4v) is 3.10. The van der Waals surface area contributed by atoms with Crippen LogP contribution in [0, 0.1) is 0 Å². The molecule has 0 unspecified atom stereocenters. The second-order valence-corrected chi connectivity index (χ2v) is 5.94. The molecule has 0 amide bonds. The molecule has 1 atom stereocenters. The van der Waals surface area contributed by atoms with Crippen LogP contribution in [0.25, 0.3) is 5.70 Å². The minimum atomic E-state index is -0.238. The highest BCUT2D eigenvalue weighted by molar-refractivity contribution is 5.77. The Labute approximate surface area is 156 Å². The second kappa shape index (κ2) is 6.99. The number of anilines is 1. The van der Waals surface area contributed by atoms with E-state index in [1.807, 2.05) is 42.5 Å². The minimum Gasteiger partial charge on any atom is -0.497 e. The van der Waals surface area contributed by atoms with Crippen LogP contribution in [-0.4, -0.2) is 41.5 Å². The van der Waals surface area contributed by atoms with Crippen molar-refractivity contribution in [2.24, 2.45) is 0 Å². The first-order valence-electron chi connectivity index (χ1n) is 8.36. The summed E-state index contributed by atoms with van der Waals surface area (Å²) in [6.45, 7) is 0. The van der Waals surface area contributed by atoms with E-state index in [0.717, 1.165) is 28.3 Å².